The maximum atomic E-state index is 12.1. The van der Waals surface area contributed by atoms with E-state index in [1.165, 1.54) is 0 Å². The van der Waals surface area contributed by atoms with Gasteiger partial charge in [0.05, 0.1) is 11.6 Å². The molecule has 1 aromatic carbocycles. The van der Waals surface area contributed by atoms with Gasteiger partial charge in [-0.1, -0.05) is 23.4 Å². The Morgan fingerprint density at radius 3 is 3.00 bits per heavy atom. The molecular formula is C15H18ClN3O. The minimum atomic E-state index is -0.0921. The molecule has 1 saturated heterocycles. The van der Waals surface area contributed by atoms with Gasteiger partial charge in [0.2, 0.25) is 0 Å². The summed E-state index contributed by atoms with van der Waals surface area (Å²) < 4.78 is 0. The number of hydrogen-bond acceptors (Lipinski definition) is 3. The second-order valence-electron chi connectivity index (χ2n) is 4.92. The number of nitrogens with two attached hydrogens (primary N) is 1. The number of likely N-dealkylation sites (N-methyl/N-ethyl adjacent to an activating group) is 1. The Balaban J connectivity index is 2.05. The summed E-state index contributed by atoms with van der Waals surface area (Å²) in [7, 11) is 2.05. The van der Waals surface area contributed by atoms with Gasteiger partial charge >= 0.3 is 0 Å². The van der Waals surface area contributed by atoms with Crippen molar-refractivity contribution in [3.63, 3.8) is 0 Å². The Hall–Kier alpha value is -1.54. The van der Waals surface area contributed by atoms with Crippen molar-refractivity contribution in [2.75, 3.05) is 26.7 Å². The number of carbonyl (C=O) groups is 1. The zero-order valence-electron chi connectivity index (χ0n) is 11.4. The first-order valence-corrected chi connectivity index (χ1v) is 6.96. The smallest absolute Gasteiger partial charge is 0.251 e. The van der Waals surface area contributed by atoms with Crippen LogP contribution >= 0.6 is 11.6 Å². The second kappa shape index (κ2) is 6.76. The molecule has 0 aromatic heterocycles. The number of carbonyl (C=O) groups excluding carboxylic acids is 1. The molecule has 1 aromatic rings. The van der Waals surface area contributed by atoms with Crippen molar-refractivity contribution in [2.24, 2.45) is 5.73 Å². The molecule has 1 aliphatic heterocycles. The van der Waals surface area contributed by atoms with Crippen LogP contribution in [0.25, 0.3) is 0 Å². The molecule has 0 bridgehead atoms. The van der Waals surface area contributed by atoms with Crippen molar-refractivity contribution in [1.29, 1.82) is 0 Å². The Bertz CT molecular complexity index is 562. The normalized spacial score (nSPS) is 18.4. The van der Waals surface area contributed by atoms with E-state index < -0.39 is 0 Å². The lowest BCUT2D eigenvalue weighted by Crippen LogP contribution is -2.36. The van der Waals surface area contributed by atoms with Crippen molar-refractivity contribution >= 4 is 17.5 Å². The molecule has 106 valence electrons. The van der Waals surface area contributed by atoms with Crippen LogP contribution in [0.15, 0.2) is 18.2 Å². The predicted octanol–water partition coefficient (Wildman–Crippen LogP) is 1.08. The summed E-state index contributed by atoms with van der Waals surface area (Å²) in [6.45, 7) is 2.19. The quantitative estimate of drug-likeness (QED) is 0.802. The van der Waals surface area contributed by atoms with E-state index in [1.54, 1.807) is 18.2 Å². The fourth-order valence-corrected chi connectivity index (χ4v) is 2.45. The first kappa shape index (κ1) is 14.9. The van der Waals surface area contributed by atoms with E-state index in [1.807, 2.05) is 7.05 Å². The zero-order valence-corrected chi connectivity index (χ0v) is 12.2. The van der Waals surface area contributed by atoms with E-state index in [0.29, 0.717) is 16.1 Å². The molecule has 1 heterocycles. The molecule has 1 aliphatic rings. The number of halogens is 1. The SMILES string of the molecule is CN1CCC(NC(=O)c2ccc(C#CCN)c(Cl)c2)C1. The van der Waals surface area contributed by atoms with E-state index in [-0.39, 0.29) is 18.5 Å². The van der Waals surface area contributed by atoms with Gasteiger partial charge in [0.1, 0.15) is 0 Å². The Labute approximate surface area is 124 Å². The molecule has 20 heavy (non-hydrogen) atoms. The van der Waals surface area contributed by atoms with Crippen LogP contribution in [0.5, 0.6) is 0 Å². The molecule has 0 radical (unpaired) electrons. The molecule has 4 nitrogen and oxygen atoms in total. The average molecular weight is 292 g/mol. The van der Waals surface area contributed by atoms with Crippen molar-refractivity contribution < 1.29 is 4.79 Å². The third-order valence-electron chi connectivity index (χ3n) is 3.28. The van der Waals surface area contributed by atoms with E-state index in [9.17, 15) is 4.79 Å². The van der Waals surface area contributed by atoms with Crippen LogP contribution in [0.2, 0.25) is 5.02 Å². The number of nitrogens with one attached hydrogen (secondary N) is 1. The molecule has 1 atom stereocenters. The van der Waals surface area contributed by atoms with E-state index in [0.717, 1.165) is 19.5 Å². The molecule has 1 fully saturated rings. The van der Waals surface area contributed by atoms with Crippen molar-refractivity contribution in [1.82, 2.24) is 10.2 Å². The van der Waals surface area contributed by atoms with E-state index >= 15 is 0 Å². The van der Waals surface area contributed by atoms with Crippen LogP contribution in [0.1, 0.15) is 22.3 Å². The lowest BCUT2D eigenvalue weighted by Gasteiger charge is -2.13. The maximum Gasteiger partial charge on any atom is 0.251 e. The summed E-state index contributed by atoms with van der Waals surface area (Å²) in [6, 6.07) is 5.35. The molecule has 2 rings (SSSR count). The summed E-state index contributed by atoms with van der Waals surface area (Å²) in [5.74, 6) is 5.53. The maximum absolute atomic E-state index is 12.1. The average Bonchev–Trinajstić information content (AvgIpc) is 2.82. The van der Waals surface area contributed by atoms with Gasteiger partial charge in [-0.25, -0.2) is 0 Å². The number of amides is 1. The highest BCUT2D eigenvalue weighted by atomic mass is 35.5. The number of rotatable bonds is 2. The Morgan fingerprint density at radius 1 is 1.60 bits per heavy atom. The molecule has 5 heteroatoms. The molecule has 0 aliphatic carbocycles. The van der Waals surface area contributed by atoms with Gasteiger partial charge in [0, 0.05) is 23.7 Å². The van der Waals surface area contributed by atoms with E-state index in [2.05, 4.69) is 22.1 Å². The Morgan fingerprint density at radius 2 is 2.40 bits per heavy atom. The molecule has 1 unspecified atom stereocenters. The van der Waals surface area contributed by atoms with Gasteiger partial charge in [0.25, 0.3) is 5.91 Å². The highest BCUT2D eigenvalue weighted by Gasteiger charge is 2.21. The van der Waals surface area contributed by atoms with Gasteiger partial charge in [-0.05, 0) is 38.2 Å². The van der Waals surface area contributed by atoms with Gasteiger partial charge in [-0.3, -0.25) is 4.79 Å². The van der Waals surface area contributed by atoms with Crippen LogP contribution in [-0.2, 0) is 0 Å². The summed E-state index contributed by atoms with van der Waals surface area (Å²) in [4.78, 5) is 14.3. The summed E-state index contributed by atoms with van der Waals surface area (Å²) in [5.41, 5.74) is 6.57. The van der Waals surface area contributed by atoms with Crippen molar-refractivity contribution in [2.45, 2.75) is 12.5 Å². The highest BCUT2D eigenvalue weighted by Crippen LogP contribution is 2.17. The van der Waals surface area contributed by atoms with Crippen LogP contribution in [0.4, 0.5) is 0 Å². The lowest BCUT2D eigenvalue weighted by molar-refractivity contribution is 0.0938. The molecule has 0 spiro atoms. The highest BCUT2D eigenvalue weighted by molar-refractivity contribution is 6.32. The number of hydrogen-bond donors (Lipinski definition) is 2. The van der Waals surface area contributed by atoms with Gasteiger partial charge in [0.15, 0.2) is 0 Å². The predicted molar refractivity (Wildman–Crippen MR) is 80.8 cm³/mol. The topological polar surface area (TPSA) is 58.4 Å². The fraction of sp³-hybridized carbons (Fsp3) is 0.400. The minimum absolute atomic E-state index is 0.0921. The fourth-order valence-electron chi connectivity index (χ4n) is 2.23. The third-order valence-corrected chi connectivity index (χ3v) is 3.60. The van der Waals surface area contributed by atoms with Crippen molar-refractivity contribution in [3.05, 3.63) is 34.3 Å². The summed E-state index contributed by atoms with van der Waals surface area (Å²) in [5, 5.41) is 3.49. The van der Waals surface area contributed by atoms with E-state index in [4.69, 9.17) is 17.3 Å². The molecular weight excluding hydrogens is 274 g/mol. The summed E-state index contributed by atoms with van der Waals surface area (Å²) >= 11 is 6.12. The van der Waals surface area contributed by atoms with Gasteiger partial charge in [-0.15, -0.1) is 0 Å². The van der Waals surface area contributed by atoms with Crippen LogP contribution in [0.3, 0.4) is 0 Å². The summed E-state index contributed by atoms with van der Waals surface area (Å²) in [6.07, 6.45) is 0.982. The standard InChI is InChI=1S/C15H18ClN3O/c1-19-8-6-13(10-19)18-15(20)12-5-4-11(3-2-7-17)14(16)9-12/h4-5,9,13H,6-8,10,17H2,1H3,(H,18,20). The van der Waals surface area contributed by atoms with Crippen LogP contribution in [0, 0.1) is 11.8 Å². The second-order valence-corrected chi connectivity index (χ2v) is 5.33. The number of nitrogens with zero attached hydrogens (tertiary/aromatic N) is 1. The third kappa shape index (κ3) is 3.73. The minimum Gasteiger partial charge on any atom is -0.348 e. The first-order valence-electron chi connectivity index (χ1n) is 6.58. The lowest BCUT2D eigenvalue weighted by atomic mass is 10.1. The van der Waals surface area contributed by atoms with Gasteiger partial charge < -0.3 is 16.0 Å². The zero-order chi connectivity index (χ0) is 14.5. The molecule has 3 N–H and O–H groups in total. The monoisotopic (exact) mass is 291 g/mol. The Kier molecular flexibility index (Phi) is 5.02. The number of likely N-dealkylation sites (tertiary alicyclic amines) is 1. The largest absolute Gasteiger partial charge is 0.348 e. The molecule has 1 amide bonds. The number of benzene rings is 1. The van der Waals surface area contributed by atoms with Crippen LogP contribution < -0.4 is 11.1 Å². The van der Waals surface area contributed by atoms with Gasteiger partial charge in [-0.2, -0.15) is 0 Å². The van der Waals surface area contributed by atoms with Crippen LogP contribution in [-0.4, -0.2) is 43.5 Å². The first-order chi connectivity index (χ1) is 9.60. The van der Waals surface area contributed by atoms with Crippen molar-refractivity contribution in [3.8, 4) is 11.8 Å². The molecule has 0 saturated carbocycles.